The summed E-state index contributed by atoms with van der Waals surface area (Å²) in [4.78, 5) is 17.8. The van der Waals surface area contributed by atoms with E-state index in [4.69, 9.17) is 0 Å². The van der Waals surface area contributed by atoms with Crippen molar-refractivity contribution in [1.82, 2.24) is 4.90 Å². The number of likely N-dealkylation sites (tertiary alicyclic amines) is 1. The van der Waals surface area contributed by atoms with Crippen molar-refractivity contribution in [2.75, 3.05) is 24.5 Å². The summed E-state index contributed by atoms with van der Waals surface area (Å²) in [6.45, 7) is 10.1. The lowest BCUT2D eigenvalue weighted by molar-refractivity contribution is 0.0975. The van der Waals surface area contributed by atoms with Crippen LogP contribution >= 0.6 is 15.9 Å². The van der Waals surface area contributed by atoms with Gasteiger partial charge in [0.2, 0.25) is 0 Å². The molecule has 1 saturated heterocycles. The second-order valence-corrected chi connectivity index (χ2v) is 12.0. The smallest absolute Gasteiger partial charge is 0.258 e. The molecule has 2 aliphatic heterocycles. The van der Waals surface area contributed by atoms with Gasteiger partial charge in [0.05, 0.1) is 0 Å². The third-order valence-corrected chi connectivity index (χ3v) is 8.13. The van der Waals surface area contributed by atoms with Gasteiger partial charge in [-0.25, -0.2) is 4.39 Å². The summed E-state index contributed by atoms with van der Waals surface area (Å²) in [6, 6.07) is 21.3. The molecular weight excluding hydrogens is 503 g/mol. The summed E-state index contributed by atoms with van der Waals surface area (Å²) in [5.74, 6) is -0.265. The van der Waals surface area contributed by atoms with E-state index in [1.807, 2.05) is 29.2 Å². The highest BCUT2D eigenvalue weighted by Gasteiger charge is 2.46. The van der Waals surface area contributed by atoms with Crippen molar-refractivity contribution in [3.63, 3.8) is 0 Å². The lowest BCUT2D eigenvalue weighted by atomic mass is 9.74. The number of carbonyl (C=O) groups is 1. The van der Waals surface area contributed by atoms with Gasteiger partial charge in [-0.2, -0.15) is 0 Å². The van der Waals surface area contributed by atoms with Gasteiger partial charge in [-0.15, -0.1) is 0 Å². The second-order valence-electron chi connectivity index (χ2n) is 11.1. The Hall–Kier alpha value is -2.50. The molecule has 1 fully saturated rings. The number of benzene rings is 3. The Morgan fingerprint density at radius 3 is 2.37 bits per heavy atom. The molecule has 5 heteroatoms. The van der Waals surface area contributed by atoms with E-state index in [-0.39, 0.29) is 22.6 Å². The van der Waals surface area contributed by atoms with E-state index in [0.29, 0.717) is 12.1 Å². The quantitative estimate of drug-likeness (QED) is 0.358. The first-order chi connectivity index (χ1) is 16.6. The maximum Gasteiger partial charge on any atom is 0.258 e. The minimum absolute atomic E-state index is 0.0302. The minimum Gasteiger partial charge on any atom is -0.307 e. The molecule has 0 N–H and O–H groups in total. The molecule has 3 nitrogen and oxygen atoms in total. The minimum atomic E-state index is -0.235. The predicted molar refractivity (Wildman–Crippen MR) is 144 cm³/mol. The number of hydrogen-bond acceptors (Lipinski definition) is 2. The lowest BCUT2D eigenvalue weighted by Crippen LogP contribution is -2.45. The van der Waals surface area contributed by atoms with Crippen LogP contribution in [0.3, 0.4) is 0 Å². The Labute approximate surface area is 216 Å². The van der Waals surface area contributed by atoms with Gasteiger partial charge < -0.3 is 4.90 Å². The molecule has 5 rings (SSSR count). The van der Waals surface area contributed by atoms with Crippen LogP contribution < -0.4 is 4.90 Å². The Bertz CT molecular complexity index is 1240. The van der Waals surface area contributed by atoms with Crippen LogP contribution in [0.2, 0.25) is 0 Å². The average Bonchev–Trinajstić information content (AvgIpc) is 3.13. The first-order valence-corrected chi connectivity index (χ1v) is 13.1. The van der Waals surface area contributed by atoms with Crippen molar-refractivity contribution in [1.29, 1.82) is 0 Å². The van der Waals surface area contributed by atoms with E-state index in [2.05, 4.69) is 65.9 Å². The van der Waals surface area contributed by atoms with Crippen LogP contribution in [0.25, 0.3) is 0 Å². The molecule has 0 bridgehead atoms. The fourth-order valence-corrected chi connectivity index (χ4v) is 5.93. The highest BCUT2D eigenvalue weighted by atomic mass is 79.9. The summed E-state index contributed by atoms with van der Waals surface area (Å²) in [6.07, 6.45) is 1.82. The van der Waals surface area contributed by atoms with Gasteiger partial charge >= 0.3 is 0 Å². The van der Waals surface area contributed by atoms with E-state index < -0.39 is 0 Å². The molecule has 0 aromatic heterocycles. The lowest BCUT2D eigenvalue weighted by Gasteiger charge is -2.40. The average molecular weight is 536 g/mol. The van der Waals surface area contributed by atoms with E-state index in [9.17, 15) is 9.18 Å². The summed E-state index contributed by atoms with van der Waals surface area (Å²) in [7, 11) is 0. The maximum absolute atomic E-state index is 14.4. The number of halogens is 2. The molecule has 3 aromatic rings. The van der Waals surface area contributed by atoms with Gasteiger partial charge in [-0.3, -0.25) is 9.69 Å². The van der Waals surface area contributed by atoms with Gasteiger partial charge in [0.1, 0.15) is 5.82 Å². The summed E-state index contributed by atoms with van der Waals surface area (Å²) in [5.41, 5.74) is 5.09. The topological polar surface area (TPSA) is 23.6 Å². The predicted octanol–water partition coefficient (Wildman–Crippen LogP) is 7.08. The zero-order valence-corrected chi connectivity index (χ0v) is 22.2. The molecule has 0 atom stereocenters. The normalized spacial score (nSPS) is 17.6. The number of rotatable bonds is 3. The monoisotopic (exact) mass is 534 g/mol. The van der Waals surface area contributed by atoms with Gasteiger partial charge in [0.25, 0.3) is 5.91 Å². The number of amides is 1. The van der Waals surface area contributed by atoms with Crippen LogP contribution in [-0.4, -0.2) is 30.4 Å². The van der Waals surface area contributed by atoms with E-state index in [1.165, 1.54) is 17.2 Å². The van der Waals surface area contributed by atoms with Crippen molar-refractivity contribution < 1.29 is 9.18 Å². The van der Waals surface area contributed by atoms with Gasteiger partial charge in [0, 0.05) is 34.2 Å². The first-order valence-electron chi connectivity index (χ1n) is 12.3. The molecule has 0 saturated carbocycles. The molecule has 3 aromatic carbocycles. The van der Waals surface area contributed by atoms with Crippen LogP contribution in [0.5, 0.6) is 0 Å². The fraction of sp³-hybridized carbons (Fsp3) is 0.367. The summed E-state index contributed by atoms with van der Waals surface area (Å²) >= 11 is 3.47. The third-order valence-electron chi connectivity index (χ3n) is 7.64. The SMILES string of the molecule is CC(C)(C)c1ccc(CN2CCC3(CC2)CN(C(=O)c2cccc(Br)c2)c2ccc(F)cc23)cc1. The molecule has 1 amide bonds. The van der Waals surface area contributed by atoms with E-state index in [1.54, 1.807) is 12.1 Å². The fourth-order valence-electron chi connectivity index (χ4n) is 5.53. The standard InChI is InChI=1S/C30H32BrFN2O/c1-29(2,3)23-9-7-21(8-10-23)19-33-15-13-30(14-16-33)20-34(27-12-11-25(32)18-26(27)30)28(35)22-5-4-6-24(31)17-22/h4-12,17-18H,13-16,19-20H2,1-3H3. The van der Waals surface area contributed by atoms with Crippen molar-refractivity contribution >= 4 is 27.5 Å². The largest absolute Gasteiger partial charge is 0.307 e. The summed E-state index contributed by atoms with van der Waals surface area (Å²) in [5, 5.41) is 0. The summed E-state index contributed by atoms with van der Waals surface area (Å²) < 4.78 is 15.2. The molecule has 0 unspecified atom stereocenters. The van der Waals surface area contributed by atoms with Crippen LogP contribution in [0.15, 0.2) is 71.2 Å². The Balaban J connectivity index is 1.34. The van der Waals surface area contributed by atoms with Crippen LogP contribution in [0.1, 0.15) is 60.7 Å². The molecule has 1 spiro atoms. The van der Waals surface area contributed by atoms with Crippen LogP contribution in [0.4, 0.5) is 10.1 Å². The Morgan fingerprint density at radius 1 is 1.00 bits per heavy atom. The van der Waals surface area contributed by atoms with E-state index >= 15 is 0 Å². The molecule has 0 radical (unpaired) electrons. The van der Waals surface area contributed by atoms with Crippen molar-refractivity contribution in [2.45, 2.75) is 51.0 Å². The molecule has 2 aliphatic rings. The number of fused-ring (bicyclic) bond motifs is 2. The van der Waals surface area contributed by atoms with Gasteiger partial charge in [0.15, 0.2) is 0 Å². The number of carbonyl (C=O) groups excluding carboxylic acids is 1. The molecule has 2 heterocycles. The number of hydrogen-bond donors (Lipinski definition) is 0. The zero-order chi connectivity index (χ0) is 24.8. The van der Waals surface area contributed by atoms with Crippen molar-refractivity contribution in [2.24, 2.45) is 0 Å². The highest BCUT2D eigenvalue weighted by molar-refractivity contribution is 9.10. The number of piperidine rings is 1. The highest BCUT2D eigenvalue weighted by Crippen LogP contribution is 2.48. The van der Waals surface area contributed by atoms with Crippen molar-refractivity contribution in [3.05, 3.63) is 99.3 Å². The number of nitrogens with zero attached hydrogens (tertiary/aromatic N) is 2. The second kappa shape index (κ2) is 9.18. The zero-order valence-electron chi connectivity index (χ0n) is 20.7. The molecule has 35 heavy (non-hydrogen) atoms. The Morgan fingerprint density at radius 2 is 1.71 bits per heavy atom. The Kier molecular flexibility index (Phi) is 6.35. The molecule has 0 aliphatic carbocycles. The van der Waals surface area contributed by atoms with Crippen LogP contribution in [0, 0.1) is 5.82 Å². The van der Waals surface area contributed by atoms with Gasteiger partial charge in [-0.1, -0.05) is 67.0 Å². The molecular formula is C30H32BrFN2O. The van der Waals surface area contributed by atoms with Crippen molar-refractivity contribution in [3.8, 4) is 0 Å². The van der Waals surface area contributed by atoms with Gasteiger partial charge in [-0.05, 0) is 84.4 Å². The maximum atomic E-state index is 14.4. The van der Waals surface area contributed by atoms with Crippen LogP contribution in [-0.2, 0) is 17.4 Å². The number of anilines is 1. The molecule has 182 valence electrons. The first kappa shape index (κ1) is 24.2. The van der Waals surface area contributed by atoms with E-state index in [0.717, 1.165) is 48.2 Å². The third kappa shape index (κ3) is 4.81.